The Balaban J connectivity index is 0.000000771. The number of ether oxygens (including phenoxy) is 2. The third-order valence-electron chi connectivity index (χ3n) is 2.09. The van der Waals surface area contributed by atoms with Crippen LogP contribution in [0.1, 0.15) is 38.1 Å². The molecule has 1 aromatic carbocycles. The fourth-order valence-corrected chi connectivity index (χ4v) is 1.44. The van der Waals surface area contributed by atoms with Gasteiger partial charge in [0.1, 0.15) is 11.3 Å². The molecule has 1 heterocycles. The van der Waals surface area contributed by atoms with E-state index < -0.39 is 16.7 Å². The number of carbonyl (C=O) groups excluding carboxylic acids is 1. The molecule has 0 unspecified atom stereocenters. The summed E-state index contributed by atoms with van der Waals surface area (Å²) in [5.74, 6) is -1.36. The van der Waals surface area contributed by atoms with Gasteiger partial charge < -0.3 is 9.47 Å². The number of rotatable bonds is 1. The van der Waals surface area contributed by atoms with Crippen LogP contribution in [0, 0.1) is 10.1 Å². The van der Waals surface area contributed by atoms with Crippen molar-refractivity contribution in [2.45, 2.75) is 33.5 Å². The van der Waals surface area contributed by atoms with E-state index in [2.05, 4.69) is 0 Å². The molecule has 98 valence electrons. The summed E-state index contributed by atoms with van der Waals surface area (Å²) < 4.78 is 10.3. The van der Waals surface area contributed by atoms with Gasteiger partial charge in [-0.05, 0) is 6.07 Å². The summed E-state index contributed by atoms with van der Waals surface area (Å²) in [6.45, 7) is 7.19. The molecule has 6 nitrogen and oxygen atoms in total. The monoisotopic (exact) mass is 253 g/mol. The van der Waals surface area contributed by atoms with Crippen LogP contribution in [0.5, 0.6) is 5.75 Å². The number of nitrogens with zero attached hydrogens (tertiary/aromatic N) is 1. The number of hydrogen-bond acceptors (Lipinski definition) is 5. The second kappa shape index (κ2) is 5.03. The minimum Gasteiger partial charge on any atom is -0.452 e. The van der Waals surface area contributed by atoms with E-state index in [1.807, 2.05) is 13.8 Å². The zero-order valence-corrected chi connectivity index (χ0v) is 10.7. The lowest BCUT2D eigenvalue weighted by Gasteiger charge is -2.31. The standard InChI is InChI=1S/C10H9NO5.C2H6/c1-10(2)15-8-4-3-6(11(13)14)5-7(8)9(12)16-10;1-2/h3-5H,1-2H3;1-2H3. The first-order valence-electron chi connectivity index (χ1n) is 5.60. The SMILES string of the molecule is CC.CC1(C)OC(=O)c2cc([N+](=O)[O-])ccc2O1. The Morgan fingerprint density at radius 2 is 1.83 bits per heavy atom. The molecule has 2 rings (SSSR count). The quantitative estimate of drug-likeness (QED) is 0.437. The maximum absolute atomic E-state index is 11.6. The molecule has 0 fully saturated rings. The number of fused-ring (bicyclic) bond motifs is 1. The highest BCUT2D eigenvalue weighted by molar-refractivity contribution is 5.94. The summed E-state index contributed by atoms with van der Waals surface area (Å²) >= 11 is 0. The van der Waals surface area contributed by atoms with Gasteiger partial charge >= 0.3 is 5.97 Å². The average Bonchev–Trinajstić information content (AvgIpc) is 2.29. The van der Waals surface area contributed by atoms with Gasteiger partial charge in [-0.2, -0.15) is 0 Å². The number of cyclic esters (lactones) is 1. The van der Waals surface area contributed by atoms with Crippen LogP contribution in [0.4, 0.5) is 5.69 Å². The normalized spacial score (nSPS) is 15.4. The Morgan fingerprint density at radius 1 is 1.22 bits per heavy atom. The van der Waals surface area contributed by atoms with E-state index in [-0.39, 0.29) is 11.3 Å². The molecular formula is C12H15NO5. The minimum atomic E-state index is -1.04. The molecule has 1 aliphatic heterocycles. The van der Waals surface area contributed by atoms with E-state index in [1.165, 1.54) is 12.1 Å². The Hall–Kier alpha value is -2.11. The van der Waals surface area contributed by atoms with Crippen LogP contribution in [-0.4, -0.2) is 16.7 Å². The molecule has 0 radical (unpaired) electrons. The first-order valence-corrected chi connectivity index (χ1v) is 5.60. The lowest BCUT2D eigenvalue weighted by molar-refractivity contribution is -0.385. The van der Waals surface area contributed by atoms with Crippen molar-refractivity contribution in [3.63, 3.8) is 0 Å². The van der Waals surface area contributed by atoms with Gasteiger partial charge in [0.25, 0.3) is 5.69 Å². The summed E-state index contributed by atoms with van der Waals surface area (Å²) in [5, 5.41) is 10.5. The number of hydrogen-bond donors (Lipinski definition) is 0. The molecular weight excluding hydrogens is 238 g/mol. The third kappa shape index (κ3) is 2.77. The molecule has 0 N–H and O–H groups in total. The lowest BCUT2D eigenvalue weighted by Crippen LogP contribution is -2.38. The maximum Gasteiger partial charge on any atom is 0.345 e. The minimum absolute atomic E-state index is 0.0773. The van der Waals surface area contributed by atoms with Crippen molar-refractivity contribution in [2.75, 3.05) is 0 Å². The number of esters is 1. The molecule has 0 bridgehead atoms. The zero-order valence-electron chi connectivity index (χ0n) is 10.7. The Labute approximate surface area is 105 Å². The Kier molecular flexibility index (Phi) is 3.90. The van der Waals surface area contributed by atoms with Crippen LogP contribution in [0.25, 0.3) is 0 Å². The molecule has 1 aromatic rings. The van der Waals surface area contributed by atoms with Crippen LogP contribution in [-0.2, 0) is 4.74 Å². The molecule has 6 heteroatoms. The highest BCUT2D eigenvalue weighted by Crippen LogP contribution is 2.33. The van der Waals surface area contributed by atoms with E-state index >= 15 is 0 Å². The number of benzene rings is 1. The molecule has 0 amide bonds. The van der Waals surface area contributed by atoms with Gasteiger partial charge in [0, 0.05) is 26.0 Å². The van der Waals surface area contributed by atoms with Crippen LogP contribution >= 0.6 is 0 Å². The molecule has 1 aliphatic rings. The first-order chi connectivity index (χ1) is 8.39. The van der Waals surface area contributed by atoms with Crippen molar-refractivity contribution in [1.82, 2.24) is 0 Å². The fourth-order valence-electron chi connectivity index (χ4n) is 1.44. The van der Waals surface area contributed by atoms with E-state index in [0.29, 0.717) is 5.75 Å². The molecule has 0 aromatic heterocycles. The molecule has 0 saturated carbocycles. The number of non-ortho nitro benzene ring substituents is 1. The zero-order chi connectivity index (χ0) is 13.9. The van der Waals surface area contributed by atoms with Crippen molar-refractivity contribution >= 4 is 11.7 Å². The summed E-state index contributed by atoms with van der Waals surface area (Å²) in [4.78, 5) is 21.5. The summed E-state index contributed by atoms with van der Waals surface area (Å²) in [5.41, 5.74) is -0.0902. The predicted molar refractivity (Wildman–Crippen MR) is 64.6 cm³/mol. The topological polar surface area (TPSA) is 78.7 Å². The van der Waals surface area contributed by atoms with E-state index in [1.54, 1.807) is 13.8 Å². The largest absolute Gasteiger partial charge is 0.452 e. The number of nitro benzene ring substituents is 1. The van der Waals surface area contributed by atoms with Gasteiger partial charge in [-0.25, -0.2) is 4.79 Å². The summed E-state index contributed by atoms with van der Waals surface area (Å²) in [7, 11) is 0. The van der Waals surface area contributed by atoms with E-state index in [0.717, 1.165) is 6.07 Å². The van der Waals surface area contributed by atoms with Gasteiger partial charge in [-0.15, -0.1) is 0 Å². The van der Waals surface area contributed by atoms with Crippen LogP contribution in [0.3, 0.4) is 0 Å². The average molecular weight is 253 g/mol. The van der Waals surface area contributed by atoms with E-state index in [4.69, 9.17) is 9.47 Å². The van der Waals surface area contributed by atoms with Crippen molar-refractivity contribution < 1.29 is 19.2 Å². The maximum atomic E-state index is 11.6. The molecule has 18 heavy (non-hydrogen) atoms. The van der Waals surface area contributed by atoms with Gasteiger partial charge in [0.05, 0.1) is 4.92 Å². The van der Waals surface area contributed by atoms with Gasteiger partial charge in [0.15, 0.2) is 0 Å². The number of carbonyl (C=O) groups is 1. The highest BCUT2D eigenvalue weighted by Gasteiger charge is 2.34. The molecule has 0 saturated heterocycles. The van der Waals surface area contributed by atoms with Crippen LogP contribution in [0.2, 0.25) is 0 Å². The summed E-state index contributed by atoms with van der Waals surface area (Å²) in [6, 6.07) is 3.83. The smallest absolute Gasteiger partial charge is 0.345 e. The fraction of sp³-hybridized carbons (Fsp3) is 0.417. The van der Waals surface area contributed by atoms with Crippen molar-refractivity contribution in [3.05, 3.63) is 33.9 Å². The predicted octanol–water partition coefficient (Wildman–Crippen LogP) is 2.91. The summed E-state index contributed by atoms with van der Waals surface area (Å²) in [6.07, 6.45) is 0. The second-order valence-electron chi connectivity index (χ2n) is 3.83. The van der Waals surface area contributed by atoms with E-state index in [9.17, 15) is 14.9 Å². The van der Waals surface area contributed by atoms with Crippen molar-refractivity contribution in [2.24, 2.45) is 0 Å². The Morgan fingerprint density at radius 3 is 2.39 bits per heavy atom. The van der Waals surface area contributed by atoms with Crippen molar-refractivity contribution in [1.29, 1.82) is 0 Å². The highest BCUT2D eigenvalue weighted by atomic mass is 16.7. The van der Waals surface area contributed by atoms with Crippen LogP contribution in [0.15, 0.2) is 18.2 Å². The van der Waals surface area contributed by atoms with Crippen molar-refractivity contribution in [3.8, 4) is 5.75 Å². The van der Waals surface area contributed by atoms with Crippen LogP contribution < -0.4 is 4.74 Å². The third-order valence-corrected chi connectivity index (χ3v) is 2.09. The lowest BCUT2D eigenvalue weighted by atomic mass is 10.1. The molecule has 0 spiro atoms. The molecule has 0 aliphatic carbocycles. The van der Waals surface area contributed by atoms with Gasteiger partial charge in [0.2, 0.25) is 5.79 Å². The van der Waals surface area contributed by atoms with Gasteiger partial charge in [-0.3, -0.25) is 10.1 Å². The second-order valence-corrected chi connectivity index (χ2v) is 3.83. The number of nitro groups is 1. The first kappa shape index (κ1) is 14.0. The van der Waals surface area contributed by atoms with Gasteiger partial charge in [-0.1, -0.05) is 13.8 Å². The Bertz CT molecular complexity index is 481. The molecule has 0 atom stereocenters.